The van der Waals surface area contributed by atoms with Crippen LogP contribution in [0.2, 0.25) is 0 Å². The molecule has 1 aromatic heterocycles. The number of nitrogens with one attached hydrogen (secondary N) is 3. The average Bonchev–Trinajstić information content (AvgIpc) is 3.48. The standard InChI is InChI=1S/C33H27FN6O8S/c1-38-25-13-19(7-9-23(25)40(33(38)46)24-10-11-27(42)36-32(24)45)18-4-2-17(3-5-18)15-35-31(44)20-6-8-22-21(12-20)14-26(41)30(29(22)34)39-16-28(43)37-49(39,47)48/h2-9,12-14,24,41H,10-11,15-16H2,1H3,(H,35,44)(H,37,43)(H,36,42,45). The van der Waals surface area contributed by atoms with E-state index in [2.05, 4.69) is 10.6 Å². The molecule has 14 nitrogen and oxygen atoms in total. The largest absolute Gasteiger partial charge is 0.506 e. The van der Waals surface area contributed by atoms with Crippen molar-refractivity contribution in [3.63, 3.8) is 0 Å². The number of hydrogen-bond donors (Lipinski definition) is 4. The molecule has 2 aliphatic heterocycles. The lowest BCUT2D eigenvalue weighted by atomic mass is 10.0. The summed E-state index contributed by atoms with van der Waals surface area (Å²) in [4.78, 5) is 61.8. The molecule has 0 bridgehead atoms. The van der Waals surface area contributed by atoms with E-state index in [0.717, 1.165) is 22.8 Å². The number of carbonyl (C=O) groups is 4. The maximum absolute atomic E-state index is 15.4. The van der Waals surface area contributed by atoms with Gasteiger partial charge < -0.3 is 10.4 Å². The number of carbonyl (C=O) groups excluding carboxylic acids is 4. The van der Waals surface area contributed by atoms with E-state index in [1.165, 1.54) is 27.3 Å². The summed E-state index contributed by atoms with van der Waals surface area (Å²) in [7, 11) is -2.74. The lowest BCUT2D eigenvalue weighted by Gasteiger charge is -2.21. The van der Waals surface area contributed by atoms with Gasteiger partial charge in [-0.15, -0.1) is 0 Å². The number of hydrogen-bond acceptors (Lipinski definition) is 8. The average molecular weight is 687 g/mol. The summed E-state index contributed by atoms with van der Waals surface area (Å²) in [5.41, 5.74) is 2.78. The molecular formula is C33H27FN6O8S. The van der Waals surface area contributed by atoms with Gasteiger partial charge in [-0.05, 0) is 58.8 Å². The van der Waals surface area contributed by atoms with Crippen LogP contribution in [0.3, 0.4) is 0 Å². The molecule has 250 valence electrons. The molecule has 4 N–H and O–H groups in total. The van der Waals surface area contributed by atoms with Crippen LogP contribution in [0.5, 0.6) is 5.75 Å². The predicted molar refractivity (Wildman–Crippen MR) is 175 cm³/mol. The monoisotopic (exact) mass is 686 g/mol. The second-order valence-electron chi connectivity index (χ2n) is 11.8. The Morgan fingerprint density at radius 2 is 1.69 bits per heavy atom. The van der Waals surface area contributed by atoms with Crippen LogP contribution in [0.4, 0.5) is 10.1 Å². The molecule has 2 saturated heterocycles. The van der Waals surface area contributed by atoms with Crippen molar-refractivity contribution in [2.45, 2.75) is 25.4 Å². The molecule has 4 amide bonds. The number of phenols is 1. The number of amides is 4. The van der Waals surface area contributed by atoms with E-state index >= 15 is 4.39 Å². The van der Waals surface area contributed by atoms with E-state index in [1.54, 1.807) is 17.8 Å². The van der Waals surface area contributed by atoms with Crippen LogP contribution >= 0.6 is 0 Å². The third-order valence-corrected chi connectivity index (χ3v) is 10.1. The first-order valence-electron chi connectivity index (χ1n) is 15.0. The number of imide groups is 1. The highest BCUT2D eigenvalue weighted by Crippen LogP contribution is 2.38. The second kappa shape index (κ2) is 11.6. The normalized spacial score (nSPS) is 17.4. The summed E-state index contributed by atoms with van der Waals surface area (Å²) in [5, 5.41) is 15.7. The van der Waals surface area contributed by atoms with Crippen LogP contribution in [-0.2, 0) is 38.2 Å². The van der Waals surface area contributed by atoms with Crippen molar-refractivity contribution in [1.82, 2.24) is 24.5 Å². The number of nitrogens with zero attached hydrogens (tertiary/aromatic N) is 3. The Morgan fingerprint density at radius 3 is 2.39 bits per heavy atom. The first kappa shape index (κ1) is 31.6. The summed E-state index contributed by atoms with van der Waals surface area (Å²) in [6.45, 7) is -0.525. The lowest BCUT2D eigenvalue weighted by molar-refractivity contribution is -0.135. The number of rotatable bonds is 6. The molecule has 7 rings (SSSR count). The number of aryl methyl sites for hydroxylation is 1. The van der Waals surface area contributed by atoms with Crippen molar-refractivity contribution in [2.75, 3.05) is 10.8 Å². The minimum absolute atomic E-state index is 0.0553. The maximum atomic E-state index is 15.4. The third kappa shape index (κ3) is 5.44. The highest BCUT2D eigenvalue weighted by molar-refractivity contribution is 7.92. The van der Waals surface area contributed by atoms with Gasteiger partial charge in [0.05, 0.1) is 11.0 Å². The van der Waals surface area contributed by atoms with Crippen molar-refractivity contribution in [2.24, 2.45) is 7.05 Å². The van der Waals surface area contributed by atoms with E-state index in [-0.39, 0.29) is 47.3 Å². The van der Waals surface area contributed by atoms with Crippen LogP contribution in [0.15, 0.2) is 71.5 Å². The number of halogens is 1. The fraction of sp³-hybridized carbons (Fsp3) is 0.182. The van der Waals surface area contributed by atoms with Crippen molar-refractivity contribution in [3.05, 3.63) is 94.2 Å². The van der Waals surface area contributed by atoms with E-state index in [1.807, 2.05) is 36.4 Å². The van der Waals surface area contributed by atoms with E-state index in [9.17, 15) is 37.5 Å². The van der Waals surface area contributed by atoms with Gasteiger partial charge in [-0.25, -0.2) is 18.2 Å². The van der Waals surface area contributed by atoms with Crippen LogP contribution < -0.4 is 25.4 Å². The van der Waals surface area contributed by atoms with Gasteiger partial charge in [-0.2, -0.15) is 8.42 Å². The molecule has 3 heterocycles. The molecule has 2 fully saturated rings. The van der Waals surface area contributed by atoms with Gasteiger partial charge in [0.15, 0.2) is 5.82 Å². The number of aromatic nitrogens is 2. The Balaban J connectivity index is 1.06. The molecule has 0 saturated carbocycles. The summed E-state index contributed by atoms with van der Waals surface area (Å²) in [6, 6.07) is 17.2. The lowest BCUT2D eigenvalue weighted by Crippen LogP contribution is -2.44. The van der Waals surface area contributed by atoms with Gasteiger partial charge in [0, 0.05) is 31.0 Å². The highest BCUT2D eigenvalue weighted by Gasteiger charge is 2.38. The SMILES string of the molecule is Cn1c(=O)n(C2CCC(=O)NC2=O)c2ccc(-c3ccc(CNC(=O)c4ccc5c(F)c(N6CC(=O)NS6(=O)=O)c(O)cc5c4)cc3)cc21. The molecule has 16 heteroatoms. The van der Waals surface area contributed by atoms with Gasteiger partial charge in [0.2, 0.25) is 11.8 Å². The Labute approximate surface area is 276 Å². The number of fused-ring (bicyclic) bond motifs is 2. The number of aromatic hydroxyl groups is 1. The smallest absolute Gasteiger partial charge is 0.329 e. The Morgan fingerprint density at radius 1 is 0.959 bits per heavy atom. The Kier molecular flexibility index (Phi) is 7.46. The summed E-state index contributed by atoms with van der Waals surface area (Å²) in [5.74, 6) is -3.98. The zero-order chi connectivity index (χ0) is 34.8. The van der Waals surface area contributed by atoms with Gasteiger partial charge in [-0.1, -0.05) is 36.4 Å². The number of imidazole rings is 1. The molecule has 2 aliphatic rings. The van der Waals surface area contributed by atoms with Crippen LogP contribution in [0.25, 0.3) is 32.9 Å². The van der Waals surface area contributed by atoms with Crippen molar-refractivity contribution >= 4 is 61.3 Å². The van der Waals surface area contributed by atoms with Crippen LogP contribution in [0, 0.1) is 5.82 Å². The van der Waals surface area contributed by atoms with Gasteiger partial charge in [0.25, 0.3) is 11.8 Å². The summed E-state index contributed by atoms with van der Waals surface area (Å²) < 4.78 is 44.9. The zero-order valence-corrected chi connectivity index (χ0v) is 26.5. The van der Waals surface area contributed by atoms with Gasteiger partial charge in [0.1, 0.15) is 24.0 Å². The molecule has 0 radical (unpaired) electrons. The van der Waals surface area contributed by atoms with Crippen molar-refractivity contribution in [3.8, 4) is 16.9 Å². The fourth-order valence-corrected chi connectivity index (χ4v) is 7.40. The van der Waals surface area contributed by atoms with E-state index in [0.29, 0.717) is 15.3 Å². The first-order valence-corrected chi connectivity index (χ1v) is 16.5. The summed E-state index contributed by atoms with van der Waals surface area (Å²) in [6.07, 6.45) is 0.387. The molecule has 1 unspecified atom stereocenters. The molecule has 5 aromatic rings. The van der Waals surface area contributed by atoms with Gasteiger partial charge >= 0.3 is 15.9 Å². The van der Waals surface area contributed by atoms with Crippen LogP contribution in [-0.4, -0.2) is 52.8 Å². The zero-order valence-electron chi connectivity index (χ0n) is 25.7. The predicted octanol–water partition coefficient (Wildman–Crippen LogP) is 2.09. The first-order chi connectivity index (χ1) is 23.3. The molecule has 0 spiro atoms. The molecule has 1 atom stereocenters. The summed E-state index contributed by atoms with van der Waals surface area (Å²) >= 11 is 0. The number of phenolic OH excluding ortho intramolecular Hbond substituents is 1. The second-order valence-corrected chi connectivity index (χ2v) is 13.4. The maximum Gasteiger partial charge on any atom is 0.329 e. The quantitative estimate of drug-likeness (QED) is 0.195. The number of anilines is 1. The van der Waals surface area contributed by atoms with Crippen LogP contribution in [0.1, 0.15) is 34.8 Å². The van der Waals surface area contributed by atoms with Gasteiger partial charge in [-0.3, -0.25) is 33.6 Å². The fourth-order valence-electron chi connectivity index (χ4n) is 6.23. The molecular weight excluding hydrogens is 659 g/mol. The van der Waals surface area contributed by atoms with E-state index in [4.69, 9.17) is 0 Å². The Hall–Kier alpha value is -6.03. The topological polar surface area (TPSA) is 189 Å². The number of piperidine rings is 1. The van der Waals surface area contributed by atoms with E-state index < -0.39 is 57.8 Å². The Bertz CT molecular complexity index is 2440. The van der Waals surface area contributed by atoms with Crippen molar-refractivity contribution < 1.29 is 37.1 Å². The molecule has 4 aromatic carbocycles. The number of benzene rings is 4. The highest BCUT2D eigenvalue weighted by atomic mass is 32.2. The minimum atomic E-state index is -4.36. The van der Waals surface area contributed by atoms with Crippen molar-refractivity contribution in [1.29, 1.82) is 0 Å². The molecule has 49 heavy (non-hydrogen) atoms. The third-order valence-electron chi connectivity index (χ3n) is 8.71. The minimum Gasteiger partial charge on any atom is -0.506 e. The molecule has 0 aliphatic carbocycles.